The van der Waals surface area contributed by atoms with Gasteiger partial charge in [-0.25, -0.2) is 4.68 Å². The molecule has 0 atom stereocenters. The maximum absolute atomic E-state index is 6.19. The molecule has 0 bridgehead atoms. The number of halogens is 1. The summed E-state index contributed by atoms with van der Waals surface area (Å²) in [6.45, 7) is 4.28. The van der Waals surface area contributed by atoms with Gasteiger partial charge in [-0.05, 0) is 17.5 Å². The van der Waals surface area contributed by atoms with Crippen molar-refractivity contribution in [3.8, 4) is 10.6 Å². The fourth-order valence-corrected chi connectivity index (χ4v) is 3.78. The summed E-state index contributed by atoms with van der Waals surface area (Å²) >= 11 is 9.43. The zero-order valence-corrected chi connectivity index (χ0v) is 14.6. The normalized spacial score (nSPS) is 12.1. The van der Waals surface area contributed by atoms with Gasteiger partial charge in [0.1, 0.15) is 0 Å². The van der Waals surface area contributed by atoms with Gasteiger partial charge in [0.15, 0.2) is 0 Å². The summed E-state index contributed by atoms with van der Waals surface area (Å²) in [7, 11) is 0. The predicted molar refractivity (Wildman–Crippen MR) is 101 cm³/mol. The van der Waals surface area contributed by atoms with E-state index in [1.165, 1.54) is 0 Å². The zero-order chi connectivity index (χ0) is 16.1. The van der Waals surface area contributed by atoms with Crippen LogP contribution in [0.3, 0.4) is 0 Å². The maximum Gasteiger partial charge on any atom is 0.206 e. The summed E-state index contributed by atoms with van der Waals surface area (Å²) in [6.07, 6.45) is 3.53. The lowest BCUT2D eigenvalue weighted by molar-refractivity contribution is 0.842. The lowest BCUT2D eigenvalue weighted by atomic mass is 10.2. The number of rotatable bonds is 5. The molecule has 0 saturated carbocycles. The number of thiophene rings is 1. The molecule has 116 valence electrons. The van der Waals surface area contributed by atoms with Gasteiger partial charge < -0.3 is 0 Å². The van der Waals surface area contributed by atoms with Crippen molar-refractivity contribution in [3.05, 3.63) is 75.2 Å². The van der Waals surface area contributed by atoms with Crippen LogP contribution in [-0.2, 0) is 0 Å². The number of thiazole rings is 1. The van der Waals surface area contributed by atoms with Gasteiger partial charge in [0, 0.05) is 16.0 Å². The van der Waals surface area contributed by atoms with Crippen molar-refractivity contribution in [1.82, 2.24) is 4.68 Å². The van der Waals surface area contributed by atoms with Crippen molar-refractivity contribution < 1.29 is 0 Å². The van der Waals surface area contributed by atoms with Crippen molar-refractivity contribution in [3.63, 3.8) is 0 Å². The van der Waals surface area contributed by atoms with Crippen LogP contribution in [0, 0.1) is 0 Å². The molecule has 3 aromatic rings. The quantitative estimate of drug-likeness (QED) is 0.458. The molecule has 0 aliphatic heterocycles. The molecule has 0 fully saturated rings. The Morgan fingerprint density at radius 1 is 1.17 bits per heavy atom. The fraction of sp³-hybridized carbons (Fsp3) is 0.0588. The highest BCUT2D eigenvalue weighted by molar-refractivity contribution is 7.14. The second-order valence-corrected chi connectivity index (χ2v) is 6.78. The first-order chi connectivity index (χ1) is 11.3. The van der Waals surface area contributed by atoms with Crippen LogP contribution in [0.2, 0.25) is 5.02 Å². The van der Waals surface area contributed by atoms with E-state index in [0.29, 0.717) is 11.6 Å². The van der Waals surface area contributed by atoms with Crippen molar-refractivity contribution in [2.24, 2.45) is 10.1 Å². The SMILES string of the molecule is C=CCN=c1scc(-c2cccs2)n1N=Cc1ccccc1Cl. The maximum atomic E-state index is 6.19. The molecule has 0 unspecified atom stereocenters. The Morgan fingerprint density at radius 2 is 2.04 bits per heavy atom. The van der Waals surface area contributed by atoms with E-state index < -0.39 is 0 Å². The molecule has 0 aliphatic carbocycles. The van der Waals surface area contributed by atoms with Gasteiger partial charge in [-0.3, -0.25) is 4.99 Å². The van der Waals surface area contributed by atoms with E-state index in [-0.39, 0.29) is 0 Å². The van der Waals surface area contributed by atoms with E-state index in [9.17, 15) is 0 Å². The van der Waals surface area contributed by atoms with Gasteiger partial charge in [-0.2, -0.15) is 5.10 Å². The van der Waals surface area contributed by atoms with E-state index in [4.69, 9.17) is 11.6 Å². The average molecular weight is 360 g/mol. The van der Waals surface area contributed by atoms with Gasteiger partial charge in [-0.1, -0.05) is 41.9 Å². The fourth-order valence-electron chi connectivity index (χ4n) is 1.96. The molecular formula is C17H14ClN3S2. The topological polar surface area (TPSA) is 29.6 Å². The van der Waals surface area contributed by atoms with Crippen molar-refractivity contribution >= 4 is 40.5 Å². The Labute approximate surface area is 147 Å². The summed E-state index contributed by atoms with van der Waals surface area (Å²) in [5.41, 5.74) is 1.90. The molecule has 3 rings (SSSR count). The first-order valence-corrected chi connectivity index (χ1v) is 9.08. The van der Waals surface area contributed by atoms with E-state index in [1.54, 1.807) is 35.0 Å². The van der Waals surface area contributed by atoms with Crippen molar-refractivity contribution in [1.29, 1.82) is 0 Å². The largest absolute Gasteiger partial charge is 0.253 e. The summed E-state index contributed by atoms with van der Waals surface area (Å²) < 4.78 is 1.85. The molecule has 3 nitrogen and oxygen atoms in total. The molecule has 1 aromatic carbocycles. The van der Waals surface area contributed by atoms with Crippen molar-refractivity contribution in [2.75, 3.05) is 6.54 Å². The molecule has 0 aliphatic rings. The summed E-state index contributed by atoms with van der Waals surface area (Å²) in [6, 6.07) is 11.7. The molecule has 2 aromatic heterocycles. The van der Waals surface area contributed by atoms with E-state index in [2.05, 4.69) is 33.5 Å². The monoisotopic (exact) mass is 359 g/mol. The summed E-state index contributed by atoms with van der Waals surface area (Å²) in [4.78, 5) is 6.49. The molecule has 0 radical (unpaired) electrons. The zero-order valence-electron chi connectivity index (χ0n) is 12.2. The summed E-state index contributed by atoms with van der Waals surface area (Å²) in [5.74, 6) is 0. The lowest BCUT2D eigenvalue weighted by Crippen LogP contribution is -2.12. The van der Waals surface area contributed by atoms with Gasteiger partial charge in [0.05, 0.1) is 23.3 Å². The molecular weight excluding hydrogens is 346 g/mol. The molecule has 0 spiro atoms. The second-order valence-electron chi connectivity index (χ2n) is 4.59. The minimum Gasteiger partial charge on any atom is -0.253 e. The first kappa shape index (κ1) is 15.9. The van der Waals surface area contributed by atoms with Gasteiger partial charge in [-0.15, -0.1) is 29.3 Å². The first-order valence-electron chi connectivity index (χ1n) is 6.94. The van der Waals surface area contributed by atoms with E-state index in [0.717, 1.165) is 20.9 Å². The lowest BCUT2D eigenvalue weighted by Gasteiger charge is -2.01. The highest BCUT2D eigenvalue weighted by atomic mass is 35.5. The Balaban J connectivity index is 2.07. The molecule has 2 heterocycles. The number of nitrogens with zero attached hydrogens (tertiary/aromatic N) is 3. The van der Waals surface area contributed by atoms with Crippen LogP contribution in [0.25, 0.3) is 10.6 Å². The molecule has 0 saturated heterocycles. The third kappa shape index (κ3) is 3.69. The van der Waals surface area contributed by atoms with Gasteiger partial charge >= 0.3 is 0 Å². The van der Waals surface area contributed by atoms with Gasteiger partial charge in [0.25, 0.3) is 0 Å². The predicted octanol–water partition coefficient (Wildman–Crippen LogP) is 4.90. The Hall–Kier alpha value is -1.95. The van der Waals surface area contributed by atoms with Crippen LogP contribution in [0.1, 0.15) is 5.56 Å². The highest BCUT2D eigenvalue weighted by Crippen LogP contribution is 2.25. The van der Waals surface area contributed by atoms with Crippen LogP contribution in [0.5, 0.6) is 0 Å². The minimum absolute atomic E-state index is 0.562. The highest BCUT2D eigenvalue weighted by Gasteiger charge is 2.08. The number of hydrogen-bond acceptors (Lipinski definition) is 4. The smallest absolute Gasteiger partial charge is 0.206 e. The van der Waals surface area contributed by atoms with Crippen LogP contribution in [0.4, 0.5) is 0 Å². The summed E-state index contributed by atoms with van der Waals surface area (Å²) in [5, 5.41) is 9.40. The van der Waals surface area contributed by atoms with Crippen LogP contribution in [-0.4, -0.2) is 17.4 Å². The Kier molecular flexibility index (Phi) is 5.23. The second kappa shape index (κ2) is 7.55. The number of aromatic nitrogens is 1. The minimum atomic E-state index is 0.562. The molecule has 0 N–H and O–H groups in total. The number of hydrogen-bond donors (Lipinski definition) is 0. The van der Waals surface area contributed by atoms with Crippen LogP contribution >= 0.6 is 34.3 Å². The Bertz CT molecular complexity index is 889. The third-order valence-corrected chi connectivity index (χ3v) is 5.12. The third-order valence-electron chi connectivity index (χ3n) is 3.03. The standard InChI is InChI=1S/C17H14ClN3S2/c1-2-9-19-17-21(15(12-23-17)16-8-5-10-22-16)20-11-13-6-3-4-7-14(13)18/h2-8,10-12H,1,9H2. The van der Waals surface area contributed by atoms with E-state index in [1.807, 2.05) is 35.0 Å². The Morgan fingerprint density at radius 3 is 2.78 bits per heavy atom. The average Bonchev–Trinajstić information content (AvgIpc) is 3.21. The number of benzene rings is 1. The molecule has 0 amide bonds. The van der Waals surface area contributed by atoms with Gasteiger partial charge in [0.2, 0.25) is 4.80 Å². The van der Waals surface area contributed by atoms with Crippen LogP contribution in [0.15, 0.2) is 69.9 Å². The molecule has 23 heavy (non-hydrogen) atoms. The van der Waals surface area contributed by atoms with Crippen LogP contribution < -0.4 is 4.80 Å². The van der Waals surface area contributed by atoms with E-state index >= 15 is 0 Å². The molecule has 6 heteroatoms. The van der Waals surface area contributed by atoms with Crippen molar-refractivity contribution in [2.45, 2.75) is 0 Å².